The largest absolute Gasteiger partial charge is 0.486 e. The van der Waals surface area contributed by atoms with Crippen molar-refractivity contribution in [2.75, 3.05) is 13.2 Å². The van der Waals surface area contributed by atoms with Crippen LogP contribution in [-0.4, -0.2) is 18.1 Å². The van der Waals surface area contributed by atoms with E-state index in [-0.39, 0.29) is 6.61 Å². The standard InChI is InChI=1S/C12H16Cl2N2O/c1-2-5-15-7-11-3-4-12(8-16-11)17-9-10(14)6-13/h3-4,6,8,15H,2,5,7,9H2,1H3. The quantitative estimate of drug-likeness (QED) is 0.775. The summed E-state index contributed by atoms with van der Waals surface area (Å²) in [5.41, 5.74) is 2.28. The lowest BCUT2D eigenvalue weighted by Crippen LogP contribution is -2.14. The molecule has 0 aromatic carbocycles. The van der Waals surface area contributed by atoms with E-state index < -0.39 is 0 Å². The Morgan fingerprint density at radius 3 is 2.94 bits per heavy atom. The van der Waals surface area contributed by atoms with Crippen molar-refractivity contribution in [2.45, 2.75) is 19.9 Å². The molecular weight excluding hydrogens is 259 g/mol. The number of halogens is 2. The van der Waals surface area contributed by atoms with Gasteiger partial charge in [0.25, 0.3) is 0 Å². The Morgan fingerprint density at radius 2 is 2.35 bits per heavy atom. The second-order valence-electron chi connectivity index (χ2n) is 3.51. The van der Waals surface area contributed by atoms with Gasteiger partial charge in [0.2, 0.25) is 0 Å². The van der Waals surface area contributed by atoms with Crippen LogP contribution in [0, 0.1) is 0 Å². The maximum Gasteiger partial charge on any atom is 0.138 e. The Bertz CT molecular complexity index is 352. The SMILES string of the molecule is CCCNCc1ccc(OCC(Cl)=CCl)cn1. The zero-order valence-electron chi connectivity index (χ0n) is 9.75. The van der Waals surface area contributed by atoms with Gasteiger partial charge in [-0.25, -0.2) is 0 Å². The van der Waals surface area contributed by atoms with Crippen LogP contribution in [0.5, 0.6) is 5.75 Å². The predicted molar refractivity (Wildman–Crippen MR) is 71.5 cm³/mol. The summed E-state index contributed by atoms with van der Waals surface area (Å²) in [5.74, 6) is 0.681. The Morgan fingerprint density at radius 1 is 1.53 bits per heavy atom. The van der Waals surface area contributed by atoms with E-state index in [1.165, 1.54) is 5.54 Å². The van der Waals surface area contributed by atoms with Gasteiger partial charge in [-0.05, 0) is 25.1 Å². The van der Waals surface area contributed by atoms with Gasteiger partial charge in [-0.1, -0.05) is 30.1 Å². The van der Waals surface area contributed by atoms with Gasteiger partial charge in [-0.2, -0.15) is 0 Å². The highest BCUT2D eigenvalue weighted by atomic mass is 35.5. The Balaban J connectivity index is 2.39. The Hall–Kier alpha value is -0.770. The second-order valence-corrected chi connectivity index (χ2v) is 4.21. The number of rotatable bonds is 7. The minimum Gasteiger partial charge on any atom is -0.486 e. The van der Waals surface area contributed by atoms with Gasteiger partial charge in [-0.15, -0.1) is 0 Å². The molecule has 0 aliphatic carbocycles. The molecule has 3 nitrogen and oxygen atoms in total. The zero-order chi connectivity index (χ0) is 12.5. The Labute approximate surface area is 112 Å². The topological polar surface area (TPSA) is 34.1 Å². The molecule has 0 radical (unpaired) electrons. The first-order valence-electron chi connectivity index (χ1n) is 5.49. The first kappa shape index (κ1) is 14.3. The Kier molecular flexibility index (Phi) is 7.01. The third-order valence-corrected chi connectivity index (χ3v) is 2.62. The molecule has 0 unspecified atom stereocenters. The minimum absolute atomic E-state index is 0.264. The molecule has 0 aliphatic rings. The predicted octanol–water partition coefficient (Wildman–Crippen LogP) is 3.28. The van der Waals surface area contributed by atoms with Crippen molar-refractivity contribution < 1.29 is 4.74 Å². The maximum absolute atomic E-state index is 5.70. The smallest absolute Gasteiger partial charge is 0.138 e. The first-order valence-corrected chi connectivity index (χ1v) is 6.31. The zero-order valence-corrected chi connectivity index (χ0v) is 11.3. The normalized spacial score (nSPS) is 11.6. The van der Waals surface area contributed by atoms with Crippen LogP contribution in [0.15, 0.2) is 28.9 Å². The van der Waals surface area contributed by atoms with Crippen LogP contribution in [0.3, 0.4) is 0 Å². The minimum atomic E-state index is 0.264. The van der Waals surface area contributed by atoms with Gasteiger partial charge in [0.05, 0.1) is 16.9 Å². The lowest BCUT2D eigenvalue weighted by molar-refractivity contribution is 0.357. The van der Waals surface area contributed by atoms with E-state index in [2.05, 4.69) is 17.2 Å². The summed E-state index contributed by atoms with van der Waals surface area (Å²) in [5, 5.41) is 3.74. The molecule has 0 aliphatic heterocycles. The average Bonchev–Trinajstić information content (AvgIpc) is 2.37. The van der Waals surface area contributed by atoms with E-state index in [1.54, 1.807) is 6.20 Å². The summed E-state index contributed by atoms with van der Waals surface area (Å²) >= 11 is 11.1. The van der Waals surface area contributed by atoms with Crippen molar-refractivity contribution >= 4 is 23.2 Å². The van der Waals surface area contributed by atoms with E-state index in [1.807, 2.05) is 12.1 Å². The van der Waals surface area contributed by atoms with Crippen molar-refractivity contribution in [1.29, 1.82) is 0 Å². The monoisotopic (exact) mass is 274 g/mol. The van der Waals surface area contributed by atoms with E-state index in [0.717, 1.165) is 25.2 Å². The lowest BCUT2D eigenvalue weighted by atomic mass is 10.3. The van der Waals surface area contributed by atoms with Crippen LogP contribution in [0.1, 0.15) is 19.0 Å². The van der Waals surface area contributed by atoms with E-state index in [9.17, 15) is 0 Å². The molecule has 1 heterocycles. The molecule has 0 saturated heterocycles. The van der Waals surface area contributed by atoms with Crippen LogP contribution in [-0.2, 0) is 6.54 Å². The molecule has 1 N–H and O–H groups in total. The van der Waals surface area contributed by atoms with Gasteiger partial charge in [0, 0.05) is 12.1 Å². The summed E-state index contributed by atoms with van der Waals surface area (Å²) in [7, 11) is 0. The van der Waals surface area contributed by atoms with E-state index >= 15 is 0 Å². The van der Waals surface area contributed by atoms with Crippen molar-refractivity contribution in [1.82, 2.24) is 10.3 Å². The summed E-state index contributed by atoms with van der Waals surface area (Å²) in [6.45, 7) is 4.16. The summed E-state index contributed by atoms with van der Waals surface area (Å²) in [6, 6.07) is 3.80. The summed E-state index contributed by atoms with van der Waals surface area (Å²) < 4.78 is 5.37. The van der Waals surface area contributed by atoms with Gasteiger partial charge < -0.3 is 10.1 Å². The molecule has 0 bridgehead atoms. The third kappa shape index (κ3) is 5.91. The molecule has 1 rings (SSSR count). The number of aromatic nitrogens is 1. The van der Waals surface area contributed by atoms with Crippen LogP contribution in [0.25, 0.3) is 0 Å². The van der Waals surface area contributed by atoms with Crippen molar-refractivity contribution in [2.24, 2.45) is 0 Å². The van der Waals surface area contributed by atoms with E-state index in [4.69, 9.17) is 27.9 Å². The molecule has 0 saturated carbocycles. The summed E-state index contributed by atoms with van der Waals surface area (Å²) in [6.07, 6.45) is 2.80. The van der Waals surface area contributed by atoms with Crippen molar-refractivity contribution in [3.05, 3.63) is 34.6 Å². The number of nitrogens with one attached hydrogen (secondary N) is 1. The molecule has 1 aromatic heterocycles. The molecular formula is C12H16Cl2N2O. The molecule has 0 atom stereocenters. The number of ether oxygens (including phenoxy) is 1. The third-order valence-electron chi connectivity index (χ3n) is 2.03. The molecule has 17 heavy (non-hydrogen) atoms. The van der Waals surface area contributed by atoms with Gasteiger partial charge in [0.15, 0.2) is 0 Å². The first-order chi connectivity index (χ1) is 8.26. The molecule has 1 aromatic rings. The molecule has 0 fully saturated rings. The number of hydrogen-bond donors (Lipinski definition) is 1. The molecule has 5 heteroatoms. The highest BCUT2D eigenvalue weighted by Crippen LogP contribution is 2.12. The maximum atomic E-state index is 5.70. The van der Waals surface area contributed by atoms with Crippen LogP contribution in [0.4, 0.5) is 0 Å². The fraction of sp³-hybridized carbons (Fsp3) is 0.417. The molecule has 0 spiro atoms. The number of nitrogens with zero attached hydrogens (tertiary/aromatic N) is 1. The van der Waals surface area contributed by atoms with Gasteiger partial charge in [-0.3, -0.25) is 4.98 Å². The van der Waals surface area contributed by atoms with Crippen LogP contribution < -0.4 is 10.1 Å². The van der Waals surface area contributed by atoms with E-state index in [0.29, 0.717) is 10.8 Å². The molecule has 0 amide bonds. The fourth-order valence-electron chi connectivity index (χ4n) is 1.18. The highest BCUT2D eigenvalue weighted by Gasteiger charge is 1.98. The van der Waals surface area contributed by atoms with Gasteiger partial charge in [0.1, 0.15) is 12.4 Å². The average molecular weight is 275 g/mol. The van der Waals surface area contributed by atoms with Crippen molar-refractivity contribution in [3.8, 4) is 5.75 Å². The molecule has 94 valence electrons. The highest BCUT2D eigenvalue weighted by molar-refractivity contribution is 6.36. The van der Waals surface area contributed by atoms with Crippen LogP contribution >= 0.6 is 23.2 Å². The lowest BCUT2D eigenvalue weighted by Gasteiger charge is -2.06. The second kappa shape index (κ2) is 8.34. The van der Waals surface area contributed by atoms with Crippen molar-refractivity contribution in [3.63, 3.8) is 0 Å². The van der Waals surface area contributed by atoms with Crippen LogP contribution in [0.2, 0.25) is 0 Å². The summed E-state index contributed by atoms with van der Waals surface area (Å²) in [4.78, 5) is 4.27. The number of hydrogen-bond acceptors (Lipinski definition) is 3. The van der Waals surface area contributed by atoms with Gasteiger partial charge >= 0.3 is 0 Å². The number of pyridine rings is 1. The fourth-order valence-corrected chi connectivity index (χ4v) is 1.30.